The smallest absolute Gasteiger partial charge is 0.303 e. The molecule has 0 aromatic rings. The number of aliphatic carboxylic acids is 1. The van der Waals surface area contributed by atoms with Gasteiger partial charge in [-0.25, -0.2) is 0 Å². The van der Waals surface area contributed by atoms with Crippen LogP contribution in [0.25, 0.3) is 0 Å². The Labute approximate surface area is 102 Å². The van der Waals surface area contributed by atoms with Crippen molar-refractivity contribution < 1.29 is 14.7 Å². The summed E-state index contributed by atoms with van der Waals surface area (Å²) in [5.41, 5.74) is 0. The summed E-state index contributed by atoms with van der Waals surface area (Å²) in [6, 6.07) is 0.333. The van der Waals surface area contributed by atoms with Crippen LogP contribution in [0.15, 0.2) is 0 Å². The third-order valence-corrected chi connectivity index (χ3v) is 4.01. The molecule has 0 bridgehead atoms. The molecule has 0 radical (unpaired) electrons. The highest BCUT2D eigenvalue weighted by molar-refractivity contribution is 5.81. The Morgan fingerprint density at radius 2 is 1.82 bits per heavy atom. The average molecular weight is 239 g/mol. The minimum absolute atomic E-state index is 0.0628. The second kappa shape index (κ2) is 5.52. The summed E-state index contributed by atoms with van der Waals surface area (Å²) in [4.78, 5) is 21.8. The molecular formula is C13H21NO3. The standard InChI is InChI=1S/C13H21NO3/c15-12(6-7-13(16)17)14-11-8-10(11)9-4-2-1-3-5-9/h9-11H,1-8H2,(H,14,15)(H,16,17)/t10-,11+/m0/s1. The van der Waals surface area contributed by atoms with Crippen molar-refractivity contribution in [2.45, 2.75) is 57.4 Å². The van der Waals surface area contributed by atoms with E-state index in [-0.39, 0.29) is 18.7 Å². The molecule has 2 saturated carbocycles. The molecule has 0 saturated heterocycles. The molecule has 2 rings (SSSR count). The zero-order chi connectivity index (χ0) is 12.3. The minimum atomic E-state index is -0.903. The predicted molar refractivity (Wildman–Crippen MR) is 63.5 cm³/mol. The van der Waals surface area contributed by atoms with E-state index in [2.05, 4.69) is 5.32 Å². The van der Waals surface area contributed by atoms with Crippen molar-refractivity contribution in [2.75, 3.05) is 0 Å². The van der Waals surface area contributed by atoms with E-state index in [1.54, 1.807) is 0 Å². The van der Waals surface area contributed by atoms with E-state index in [1.165, 1.54) is 32.1 Å². The summed E-state index contributed by atoms with van der Waals surface area (Å²) in [6.07, 6.45) is 7.80. The summed E-state index contributed by atoms with van der Waals surface area (Å²) >= 11 is 0. The number of rotatable bonds is 5. The number of carboxylic acids is 1. The third kappa shape index (κ3) is 3.72. The molecule has 4 nitrogen and oxygen atoms in total. The van der Waals surface area contributed by atoms with Gasteiger partial charge in [0.2, 0.25) is 5.91 Å². The van der Waals surface area contributed by atoms with Gasteiger partial charge in [0.1, 0.15) is 0 Å². The maximum atomic E-state index is 11.5. The van der Waals surface area contributed by atoms with Gasteiger partial charge in [0.05, 0.1) is 6.42 Å². The fraction of sp³-hybridized carbons (Fsp3) is 0.846. The van der Waals surface area contributed by atoms with Gasteiger partial charge in [-0.2, -0.15) is 0 Å². The number of amides is 1. The molecule has 96 valence electrons. The van der Waals surface area contributed by atoms with Gasteiger partial charge < -0.3 is 10.4 Å². The number of hydrogen-bond acceptors (Lipinski definition) is 2. The van der Waals surface area contributed by atoms with Crippen molar-refractivity contribution in [2.24, 2.45) is 11.8 Å². The lowest BCUT2D eigenvalue weighted by Gasteiger charge is -2.21. The Bertz CT molecular complexity index is 297. The van der Waals surface area contributed by atoms with Crippen molar-refractivity contribution in [3.05, 3.63) is 0 Å². The topological polar surface area (TPSA) is 66.4 Å². The molecule has 4 heteroatoms. The van der Waals surface area contributed by atoms with Crippen LogP contribution in [0.5, 0.6) is 0 Å². The third-order valence-electron chi connectivity index (χ3n) is 4.01. The van der Waals surface area contributed by atoms with Gasteiger partial charge in [-0.3, -0.25) is 9.59 Å². The number of carbonyl (C=O) groups excluding carboxylic acids is 1. The van der Waals surface area contributed by atoms with Gasteiger partial charge in [0, 0.05) is 12.5 Å². The van der Waals surface area contributed by atoms with Crippen LogP contribution in [0.2, 0.25) is 0 Å². The highest BCUT2D eigenvalue weighted by Gasteiger charge is 2.43. The first-order chi connectivity index (χ1) is 8.16. The van der Waals surface area contributed by atoms with Crippen LogP contribution in [0.3, 0.4) is 0 Å². The maximum absolute atomic E-state index is 11.5. The number of carbonyl (C=O) groups is 2. The second-order valence-corrected chi connectivity index (χ2v) is 5.37. The van der Waals surface area contributed by atoms with Crippen LogP contribution in [0, 0.1) is 11.8 Å². The molecule has 2 aliphatic carbocycles. The number of carboxylic acid groups (broad SMARTS) is 1. The maximum Gasteiger partial charge on any atom is 0.303 e. The van der Waals surface area contributed by atoms with Gasteiger partial charge >= 0.3 is 5.97 Å². The zero-order valence-corrected chi connectivity index (χ0v) is 10.2. The van der Waals surface area contributed by atoms with Gasteiger partial charge in [0.25, 0.3) is 0 Å². The first-order valence-corrected chi connectivity index (χ1v) is 6.68. The Morgan fingerprint density at radius 1 is 1.12 bits per heavy atom. The van der Waals surface area contributed by atoms with Crippen molar-refractivity contribution >= 4 is 11.9 Å². The molecule has 2 atom stereocenters. The molecule has 2 N–H and O–H groups in total. The SMILES string of the molecule is O=C(O)CCC(=O)N[C@@H]1C[C@H]1C1CCCCC1. The van der Waals surface area contributed by atoms with E-state index in [4.69, 9.17) is 5.11 Å². The fourth-order valence-electron chi connectivity index (χ4n) is 2.96. The van der Waals surface area contributed by atoms with E-state index in [0.717, 1.165) is 12.3 Å². The summed E-state index contributed by atoms with van der Waals surface area (Å²) in [5.74, 6) is 0.466. The highest BCUT2D eigenvalue weighted by atomic mass is 16.4. The van der Waals surface area contributed by atoms with E-state index in [9.17, 15) is 9.59 Å². The van der Waals surface area contributed by atoms with Crippen LogP contribution < -0.4 is 5.32 Å². The second-order valence-electron chi connectivity index (χ2n) is 5.37. The Kier molecular flexibility index (Phi) is 4.02. The van der Waals surface area contributed by atoms with Gasteiger partial charge in [0.15, 0.2) is 0 Å². The highest BCUT2D eigenvalue weighted by Crippen LogP contribution is 2.44. The van der Waals surface area contributed by atoms with E-state index < -0.39 is 5.97 Å². The Hall–Kier alpha value is -1.06. The molecule has 0 aromatic carbocycles. The molecule has 17 heavy (non-hydrogen) atoms. The predicted octanol–water partition coefficient (Wildman–Crippen LogP) is 1.94. The molecule has 1 amide bonds. The van der Waals surface area contributed by atoms with Gasteiger partial charge in [-0.05, 0) is 18.3 Å². The molecular weight excluding hydrogens is 218 g/mol. The molecule has 2 fully saturated rings. The number of nitrogens with one attached hydrogen (secondary N) is 1. The fourth-order valence-corrected chi connectivity index (χ4v) is 2.96. The normalized spacial score (nSPS) is 28.7. The van der Waals surface area contributed by atoms with Crippen LogP contribution in [-0.4, -0.2) is 23.0 Å². The van der Waals surface area contributed by atoms with E-state index >= 15 is 0 Å². The summed E-state index contributed by atoms with van der Waals surface area (Å²) < 4.78 is 0. The largest absolute Gasteiger partial charge is 0.481 e. The lowest BCUT2D eigenvalue weighted by atomic mass is 9.85. The molecule has 0 aliphatic heterocycles. The Morgan fingerprint density at radius 3 is 2.47 bits per heavy atom. The van der Waals surface area contributed by atoms with Crippen LogP contribution >= 0.6 is 0 Å². The van der Waals surface area contributed by atoms with Crippen LogP contribution in [0.4, 0.5) is 0 Å². The lowest BCUT2D eigenvalue weighted by molar-refractivity contribution is -0.138. The average Bonchev–Trinajstić information content (AvgIpc) is 3.07. The van der Waals surface area contributed by atoms with E-state index in [0.29, 0.717) is 12.0 Å². The molecule has 2 aliphatic rings. The lowest BCUT2D eigenvalue weighted by Crippen LogP contribution is -2.28. The van der Waals surface area contributed by atoms with Gasteiger partial charge in [-0.1, -0.05) is 32.1 Å². The summed E-state index contributed by atoms with van der Waals surface area (Å²) in [5, 5.41) is 11.4. The monoisotopic (exact) mass is 239 g/mol. The quantitative estimate of drug-likeness (QED) is 0.770. The van der Waals surface area contributed by atoms with Crippen molar-refractivity contribution in [3.63, 3.8) is 0 Å². The summed E-state index contributed by atoms with van der Waals surface area (Å²) in [6.45, 7) is 0. The van der Waals surface area contributed by atoms with E-state index in [1.807, 2.05) is 0 Å². The number of hydrogen-bond donors (Lipinski definition) is 2. The minimum Gasteiger partial charge on any atom is -0.481 e. The molecule has 0 spiro atoms. The van der Waals surface area contributed by atoms with Crippen molar-refractivity contribution in [1.29, 1.82) is 0 Å². The molecule has 0 unspecified atom stereocenters. The first kappa shape index (κ1) is 12.4. The molecule has 0 heterocycles. The Balaban J connectivity index is 1.65. The molecule has 0 aromatic heterocycles. The van der Waals surface area contributed by atoms with Gasteiger partial charge in [-0.15, -0.1) is 0 Å². The summed E-state index contributed by atoms with van der Waals surface area (Å²) in [7, 11) is 0. The van der Waals surface area contributed by atoms with Crippen molar-refractivity contribution in [1.82, 2.24) is 5.32 Å². The van der Waals surface area contributed by atoms with Crippen LogP contribution in [0.1, 0.15) is 51.4 Å². The van der Waals surface area contributed by atoms with Crippen LogP contribution in [-0.2, 0) is 9.59 Å². The zero-order valence-electron chi connectivity index (χ0n) is 10.2. The van der Waals surface area contributed by atoms with Crippen molar-refractivity contribution in [3.8, 4) is 0 Å². The first-order valence-electron chi connectivity index (χ1n) is 6.68.